The standard InChI is InChI=1S/C13H9BrF2O/c14-10-4-9(6-12(16)7-10)13(17)8-2-1-3-11(15)5-8/h1-7,13,17H. The minimum Gasteiger partial charge on any atom is -0.384 e. The number of rotatable bonds is 2. The molecule has 2 aromatic carbocycles. The number of hydrogen-bond acceptors (Lipinski definition) is 1. The van der Waals surface area contributed by atoms with E-state index in [-0.39, 0.29) is 0 Å². The predicted octanol–water partition coefficient (Wildman–Crippen LogP) is 3.81. The second kappa shape index (κ2) is 4.94. The average molecular weight is 299 g/mol. The highest BCUT2D eigenvalue weighted by molar-refractivity contribution is 9.10. The Bertz CT molecular complexity index is 522. The van der Waals surface area contributed by atoms with E-state index in [0.29, 0.717) is 15.6 Å². The molecule has 1 N–H and O–H groups in total. The van der Waals surface area contributed by atoms with Crippen molar-refractivity contribution >= 4 is 15.9 Å². The zero-order valence-corrected chi connectivity index (χ0v) is 10.3. The van der Waals surface area contributed by atoms with Gasteiger partial charge in [0.05, 0.1) is 0 Å². The Morgan fingerprint density at radius 2 is 1.65 bits per heavy atom. The Morgan fingerprint density at radius 3 is 2.29 bits per heavy atom. The number of halogens is 3. The van der Waals surface area contributed by atoms with Crippen LogP contribution < -0.4 is 0 Å². The van der Waals surface area contributed by atoms with Crippen molar-refractivity contribution in [2.45, 2.75) is 6.10 Å². The summed E-state index contributed by atoms with van der Waals surface area (Å²) in [6.45, 7) is 0. The van der Waals surface area contributed by atoms with Gasteiger partial charge >= 0.3 is 0 Å². The van der Waals surface area contributed by atoms with Crippen LogP contribution in [0.1, 0.15) is 17.2 Å². The Hall–Kier alpha value is -1.26. The topological polar surface area (TPSA) is 20.2 Å². The maximum absolute atomic E-state index is 13.2. The first-order chi connectivity index (χ1) is 8.06. The van der Waals surface area contributed by atoms with Gasteiger partial charge in [-0.3, -0.25) is 0 Å². The molecule has 1 atom stereocenters. The Labute approximate surface area is 106 Å². The molecule has 17 heavy (non-hydrogen) atoms. The molecule has 0 aromatic heterocycles. The lowest BCUT2D eigenvalue weighted by Gasteiger charge is -2.12. The van der Waals surface area contributed by atoms with Crippen LogP contribution in [-0.2, 0) is 0 Å². The molecule has 0 fully saturated rings. The summed E-state index contributed by atoms with van der Waals surface area (Å²) in [4.78, 5) is 0. The van der Waals surface area contributed by atoms with E-state index in [2.05, 4.69) is 15.9 Å². The molecule has 0 aliphatic carbocycles. The highest BCUT2D eigenvalue weighted by Crippen LogP contribution is 2.25. The Morgan fingerprint density at radius 1 is 0.941 bits per heavy atom. The Balaban J connectivity index is 2.39. The second-order valence-electron chi connectivity index (χ2n) is 3.66. The molecule has 88 valence electrons. The maximum atomic E-state index is 13.2. The summed E-state index contributed by atoms with van der Waals surface area (Å²) in [7, 11) is 0. The fraction of sp³-hybridized carbons (Fsp3) is 0.0769. The van der Waals surface area contributed by atoms with Gasteiger partial charge in [0, 0.05) is 4.47 Å². The maximum Gasteiger partial charge on any atom is 0.124 e. The lowest BCUT2D eigenvalue weighted by atomic mass is 10.0. The van der Waals surface area contributed by atoms with Crippen LogP contribution in [0.5, 0.6) is 0 Å². The number of benzene rings is 2. The molecule has 1 nitrogen and oxygen atoms in total. The predicted molar refractivity (Wildman–Crippen MR) is 64.6 cm³/mol. The van der Waals surface area contributed by atoms with Crippen molar-refractivity contribution in [3.8, 4) is 0 Å². The Kier molecular flexibility index (Phi) is 3.54. The van der Waals surface area contributed by atoms with Crippen molar-refractivity contribution in [3.05, 3.63) is 69.7 Å². The molecule has 0 aliphatic heterocycles. The van der Waals surface area contributed by atoms with E-state index in [0.717, 1.165) is 0 Å². The summed E-state index contributed by atoms with van der Waals surface area (Å²) in [5.41, 5.74) is 0.768. The second-order valence-corrected chi connectivity index (χ2v) is 4.58. The zero-order chi connectivity index (χ0) is 12.4. The number of hydrogen-bond donors (Lipinski definition) is 1. The van der Waals surface area contributed by atoms with Crippen molar-refractivity contribution in [3.63, 3.8) is 0 Å². The van der Waals surface area contributed by atoms with Crippen molar-refractivity contribution < 1.29 is 13.9 Å². The molecule has 0 bridgehead atoms. The molecule has 0 amide bonds. The molecule has 0 saturated carbocycles. The van der Waals surface area contributed by atoms with Crippen LogP contribution in [0.3, 0.4) is 0 Å². The van der Waals surface area contributed by atoms with Gasteiger partial charge in [-0.05, 0) is 41.5 Å². The molecule has 1 unspecified atom stereocenters. The summed E-state index contributed by atoms with van der Waals surface area (Å²) in [6, 6.07) is 9.72. The van der Waals surface area contributed by atoms with Crippen molar-refractivity contribution in [2.24, 2.45) is 0 Å². The molecule has 0 radical (unpaired) electrons. The number of aliphatic hydroxyl groups is 1. The van der Waals surface area contributed by atoms with Gasteiger partial charge in [-0.25, -0.2) is 8.78 Å². The quantitative estimate of drug-likeness (QED) is 0.894. The minimum atomic E-state index is -1.04. The highest BCUT2D eigenvalue weighted by atomic mass is 79.9. The van der Waals surface area contributed by atoms with Crippen LogP contribution in [-0.4, -0.2) is 5.11 Å². The van der Waals surface area contributed by atoms with E-state index in [1.165, 1.54) is 30.3 Å². The van der Waals surface area contributed by atoms with Crippen LogP contribution in [0, 0.1) is 11.6 Å². The summed E-state index contributed by atoms with van der Waals surface area (Å²) in [6.07, 6.45) is -1.04. The molecule has 2 rings (SSSR count). The fourth-order valence-electron chi connectivity index (χ4n) is 1.60. The van der Waals surface area contributed by atoms with Crippen LogP contribution in [0.25, 0.3) is 0 Å². The van der Waals surface area contributed by atoms with E-state index >= 15 is 0 Å². The first-order valence-corrected chi connectivity index (χ1v) is 5.75. The summed E-state index contributed by atoms with van der Waals surface area (Å²) in [5, 5.41) is 10.0. The highest BCUT2D eigenvalue weighted by Gasteiger charge is 2.12. The lowest BCUT2D eigenvalue weighted by molar-refractivity contribution is 0.219. The summed E-state index contributed by atoms with van der Waals surface area (Å²) in [5.74, 6) is -0.887. The molecule has 0 spiro atoms. The first kappa shape index (κ1) is 12.2. The smallest absolute Gasteiger partial charge is 0.124 e. The van der Waals surface area contributed by atoms with Crippen molar-refractivity contribution in [1.29, 1.82) is 0 Å². The van der Waals surface area contributed by atoms with Crippen molar-refractivity contribution in [1.82, 2.24) is 0 Å². The SMILES string of the molecule is OC(c1cccc(F)c1)c1cc(F)cc(Br)c1. The van der Waals surface area contributed by atoms with Crippen LogP contribution in [0.15, 0.2) is 46.9 Å². The van der Waals surface area contributed by atoms with Crippen LogP contribution in [0.4, 0.5) is 8.78 Å². The molecule has 2 aromatic rings. The van der Waals surface area contributed by atoms with Gasteiger partial charge in [-0.15, -0.1) is 0 Å². The molecule has 0 saturated heterocycles. The molecule has 0 heterocycles. The van der Waals surface area contributed by atoms with Gasteiger partial charge in [-0.2, -0.15) is 0 Å². The molecule has 4 heteroatoms. The third kappa shape index (κ3) is 2.90. The van der Waals surface area contributed by atoms with E-state index in [9.17, 15) is 13.9 Å². The van der Waals surface area contributed by atoms with Gasteiger partial charge in [0.2, 0.25) is 0 Å². The van der Waals surface area contributed by atoms with E-state index in [4.69, 9.17) is 0 Å². The van der Waals surface area contributed by atoms with E-state index in [1.807, 2.05) is 0 Å². The van der Waals surface area contributed by atoms with Gasteiger partial charge in [0.1, 0.15) is 17.7 Å². The zero-order valence-electron chi connectivity index (χ0n) is 8.70. The third-order valence-electron chi connectivity index (χ3n) is 2.37. The van der Waals surface area contributed by atoms with E-state index < -0.39 is 17.7 Å². The monoisotopic (exact) mass is 298 g/mol. The third-order valence-corrected chi connectivity index (χ3v) is 2.82. The molecular weight excluding hydrogens is 290 g/mol. The van der Waals surface area contributed by atoms with Gasteiger partial charge in [0.25, 0.3) is 0 Å². The molecular formula is C13H9BrF2O. The average Bonchev–Trinajstić information content (AvgIpc) is 2.26. The summed E-state index contributed by atoms with van der Waals surface area (Å²) < 4.78 is 26.7. The van der Waals surface area contributed by atoms with E-state index in [1.54, 1.807) is 12.1 Å². The lowest BCUT2D eigenvalue weighted by Crippen LogP contribution is -2.00. The fourth-order valence-corrected chi connectivity index (χ4v) is 2.09. The van der Waals surface area contributed by atoms with Gasteiger partial charge in [-0.1, -0.05) is 28.1 Å². The first-order valence-electron chi connectivity index (χ1n) is 4.96. The minimum absolute atomic E-state index is 0.377. The van der Waals surface area contributed by atoms with Crippen molar-refractivity contribution in [2.75, 3.05) is 0 Å². The molecule has 0 aliphatic rings. The summed E-state index contributed by atoms with van der Waals surface area (Å²) >= 11 is 3.14. The van der Waals surface area contributed by atoms with Crippen LogP contribution >= 0.6 is 15.9 Å². The normalized spacial score (nSPS) is 12.5. The van der Waals surface area contributed by atoms with Gasteiger partial charge in [0.15, 0.2) is 0 Å². The van der Waals surface area contributed by atoms with Crippen LogP contribution in [0.2, 0.25) is 0 Å². The largest absolute Gasteiger partial charge is 0.384 e. The van der Waals surface area contributed by atoms with Gasteiger partial charge < -0.3 is 5.11 Å². The number of aliphatic hydroxyl groups excluding tert-OH is 1.